The molecule has 1 fully saturated rings. The molecule has 1 aliphatic carbocycles. The summed E-state index contributed by atoms with van der Waals surface area (Å²) < 4.78 is 4.68. The minimum atomic E-state index is -0.351. The Morgan fingerprint density at radius 2 is 2.11 bits per heavy atom. The molecule has 1 heterocycles. The van der Waals surface area contributed by atoms with Crippen molar-refractivity contribution in [2.45, 2.75) is 25.8 Å². The quantitative estimate of drug-likeness (QED) is 0.816. The fraction of sp³-hybridized carbons (Fsp3) is 0.500. The summed E-state index contributed by atoms with van der Waals surface area (Å²) in [6.07, 6.45) is 4.34. The molecule has 19 heavy (non-hydrogen) atoms. The highest BCUT2D eigenvalue weighted by atomic mass is 16.5. The number of methoxy groups -OCH3 is 1. The molecule has 5 nitrogen and oxygen atoms in total. The highest BCUT2D eigenvalue weighted by Crippen LogP contribution is 2.38. The van der Waals surface area contributed by atoms with Crippen LogP contribution in [-0.4, -0.2) is 24.0 Å². The van der Waals surface area contributed by atoms with Gasteiger partial charge in [0.15, 0.2) is 0 Å². The lowest BCUT2D eigenvalue weighted by Crippen LogP contribution is -2.32. The molecule has 5 heteroatoms. The molecular weight excluding hydrogens is 244 g/mol. The summed E-state index contributed by atoms with van der Waals surface area (Å²) in [5.74, 6) is 0.197. The molecule has 0 saturated heterocycles. The van der Waals surface area contributed by atoms with Crippen LogP contribution in [-0.2, 0) is 14.3 Å². The molecule has 0 radical (unpaired) electrons. The van der Waals surface area contributed by atoms with Crippen LogP contribution < -0.4 is 5.32 Å². The van der Waals surface area contributed by atoms with Crippen molar-refractivity contribution in [2.75, 3.05) is 7.11 Å². The van der Waals surface area contributed by atoms with Gasteiger partial charge >= 0.3 is 5.97 Å². The Bertz CT molecular complexity index is 461. The van der Waals surface area contributed by atoms with Crippen molar-refractivity contribution in [3.8, 4) is 0 Å². The molecule has 102 valence electrons. The molecule has 3 atom stereocenters. The number of hydrogen-bond donors (Lipinski definition) is 1. The minimum absolute atomic E-state index is 0.0122. The second kappa shape index (κ2) is 5.82. The smallest absolute Gasteiger partial charge is 0.307 e. The lowest BCUT2D eigenvalue weighted by molar-refractivity contribution is -0.141. The first kappa shape index (κ1) is 13.5. The third kappa shape index (κ3) is 3.53. The average Bonchev–Trinajstić information content (AvgIpc) is 3.16. The maximum Gasteiger partial charge on any atom is 0.307 e. The number of nitrogens with zero attached hydrogens (tertiary/aromatic N) is 1. The van der Waals surface area contributed by atoms with Gasteiger partial charge in [0, 0.05) is 18.3 Å². The molecule has 1 N–H and O–H groups in total. The number of esters is 1. The number of carbonyl (C=O) groups is 2. The molecule has 0 bridgehead atoms. The zero-order valence-electron chi connectivity index (χ0n) is 11.1. The van der Waals surface area contributed by atoms with E-state index in [2.05, 4.69) is 15.0 Å². The van der Waals surface area contributed by atoms with Crippen molar-refractivity contribution >= 4 is 11.9 Å². The van der Waals surface area contributed by atoms with E-state index in [0.29, 0.717) is 5.92 Å². The minimum Gasteiger partial charge on any atom is -0.469 e. The number of carbonyl (C=O) groups excluding carboxylic acids is 2. The Labute approximate surface area is 112 Å². The molecule has 1 saturated carbocycles. The van der Waals surface area contributed by atoms with Crippen molar-refractivity contribution in [1.29, 1.82) is 0 Å². The molecule has 1 aromatic heterocycles. The molecule has 0 aromatic carbocycles. The fourth-order valence-corrected chi connectivity index (χ4v) is 2.06. The number of aromatic nitrogens is 1. The van der Waals surface area contributed by atoms with Gasteiger partial charge in [-0.25, -0.2) is 0 Å². The van der Waals surface area contributed by atoms with E-state index in [1.54, 1.807) is 24.5 Å². The Balaban J connectivity index is 2.06. The van der Waals surface area contributed by atoms with Crippen LogP contribution in [0.5, 0.6) is 0 Å². The second-order valence-corrected chi connectivity index (χ2v) is 4.94. The zero-order chi connectivity index (χ0) is 13.8. The summed E-state index contributed by atoms with van der Waals surface area (Å²) >= 11 is 0. The van der Waals surface area contributed by atoms with E-state index >= 15 is 0 Å². The van der Waals surface area contributed by atoms with Gasteiger partial charge in [-0.1, -0.05) is 6.92 Å². The summed E-state index contributed by atoms with van der Waals surface area (Å²) in [5.41, 5.74) is 0.863. The Morgan fingerprint density at radius 1 is 1.47 bits per heavy atom. The van der Waals surface area contributed by atoms with E-state index < -0.39 is 0 Å². The summed E-state index contributed by atoms with van der Waals surface area (Å²) in [7, 11) is 1.34. The lowest BCUT2D eigenvalue weighted by Gasteiger charge is -2.18. The first-order valence-corrected chi connectivity index (χ1v) is 6.39. The first-order chi connectivity index (χ1) is 9.11. The van der Waals surface area contributed by atoms with Crippen molar-refractivity contribution in [3.63, 3.8) is 0 Å². The summed E-state index contributed by atoms with van der Waals surface area (Å²) in [5, 5.41) is 2.92. The van der Waals surface area contributed by atoms with Crippen molar-refractivity contribution in [2.24, 2.45) is 11.8 Å². The van der Waals surface area contributed by atoms with Gasteiger partial charge in [0.25, 0.3) is 0 Å². The van der Waals surface area contributed by atoms with Gasteiger partial charge in [-0.15, -0.1) is 0 Å². The van der Waals surface area contributed by atoms with Crippen LogP contribution in [0.4, 0.5) is 0 Å². The van der Waals surface area contributed by atoms with Crippen LogP contribution in [0.1, 0.15) is 31.4 Å². The highest BCUT2D eigenvalue weighted by molar-refractivity contribution is 5.82. The van der Waals surface area contributed by atoms with Gasteiger partial charge in [-0.05, 0) is 30.0 Å². The van der Waals surface area contributed by atoms with Gasteiger partial charge in [0.1, 0.15) is 0 Å². The monoisotopic (exact) mass is 262 g/mol. The number of ether oxygens (including phenoxy) is 1. The van der Waals surface area contributed by atoms with Crippen molar-refractivity contribution in [3.05, 3.63) is 30.1 Å². The van der Waals surface area contributed by atoms with E-state index in [1.807, 2.05) is 6.92 Å². The molecular formula is C14H18N2O3. The van der Waals surface area contributed by atoms with Crippen LogP contribution in [0.15, 0.2) is 24.5 Å². The van der Waals surface area contributed by atoms with Crippen LogP contribution >= 0.6 is 0 Å². The third-order valence-corrected chi connectivity index (χ3v) is 3.47. The molecule has 0 spiro atoms. The average molecular weight is 262 g/mol. The van der Waals surface area contributed by atoms with Gasteiger partial charge < -0.3 is 10.1 Å². The topological polar surface area (TPSA) is 68.3 Å². The Kier molecular flexibility index (Phi) is 4.14. The number of amides is 1. The van der Waals surface area contributed by atoms with Gasteiger partial charge in [-0.2, -0.15) is 0 Å². The molecule has 0 unspecified atom stereocenters. The molecule has 2 rings (SSSR count). The Hall–Kier alpha value is -1.91. The zero-order valence-corrected chi connectivity index (χ0v) is 11.1. The number of rotatable bonds is 5. The van der Waals surface area contributed by atoms with Crippen LogP contribution in [0, 0.1) is 11.8 Å². The summed E-state index contributed by atoms with van der Waals surface area (Å²) in [6.45, 7) is 2.05. The summed E-state index contributed by atoms with van der Waals surface area (Å²) in [4.78, 5) is 27.4. The van der Waals surface area contributed by atoms with Crippen molar-refractivity contribution < 1.29 is 14.3 Å². The van der Waals surface area contributed by atoms with Gasteiger partial charge in [-0.3, -0.25) is 14.6 Å². The first-order valence-electron chi connectivity index (χ1n) is 6.39. The van der Waals surface area contributed by atoms with Gasteiger partial charge in [0.2, 0.25) is 5.91 Å². The van der Waals surface area contributed by atoms with E-state index in [1.165, 1.54) is 7.11 Å². The number of hydrogen-bond acceptors (Lipinski definition) is 4. The Morgan fingerprint density at radius 3 is 2.63 bits per heavy atom. The highest BCUT2D eigenvalue weighted by Gasteiger charge is 2.40. The maximum absolute atomic E-state index is 12.0. The van der Waals surface area contributed by atoms with E-state index in [-0.39, 0.29) is 30.3 Å². The van der Waals surface area contributed by atoms with Crippen LogP contribution in [0.3, 0.4) is 0 Å². The van der Waals surface area contributed by atoms with Gasteiger partial charge in [0.05, 0.1) is 19.6 Å². The molecule has 0 aliphatic heterocycles. The molecule has 1 amide bonds. The largest absolute Gasteiger partial charge is 0.469 e. The van der Waals surface area contributed by atoms with Crippen molar-refractivity contribution in [1.82, 2.24) is 10.3 Å². The number of pyridine rings is 1. The molecule has 1 aromatic rings. The van der Waals surface area contributed by atoms with E-state index in [9.17, 15) is 9.59 Å². The predicted molar refractivity (Wildman–Crippen MR) is 69.0 cm³/mol. The normalized spacial score (nSPS) is 22.4. The fourth-order valence-electron chi connectivity index (χ4n) is 2.06. The van der Waals surface area contributed by atoms with Crippen LogP contribution in [0.2, 0.25) is 0 Å². The standard InChI is InChI=1S/C14H18N2O3/c1-9-7-11(9)14(18)16-12(8-13(17)19-2)10-3-5-15-6-4-10/h3-6,9,11-12H,7-8H2,1-2H3,(H,16,18)/t9-,11-,12-/m0/s1. The summed E-state index contributed by atoms with van der Waals surface area (Å²) in [6, 6.07) is 3.24. The predicted octanol–water partition coefficient (Wildman–Crippen LogP) is 1.46. The van der Waals surface area contributed by atoms with E-state index in [4.69, 9.17) is 0 Å². The van der Waals surface area contributed by atoms with E-state index in [0.717, 1.165) is 12.0 Å². The maximum atomic E-state index is 12.0. The number of nitrogens with one attached hydrogen (secondary N) is 1. The lowest BCUT2D eigenvalue weighted by atomic mass is 10.0. The third-order valence-electron chi connectivity index (χ3n) is 3.47. The second-order valence-electron chi connectivity index (χ2n) is 4.94. The van der Waals surface area contributed by atoms with Crippen LogP contribution in [0.25, 0.3) is 0 Å². The SMILES string of the molecule is COC(=O)C[C@H](NC(=O)[C@H]1C[C@@H]1C)c1ccncc1. The molecule has 1 aliphatic rings.